The van der Waals surface area contributed by atoms with Gasteiger partial charge in [-0.1, -0.05) is 17.3 Å². The Labute approximate surface area is 205 Å². The zero-order chi connectivity index (χ0) is 24.6. The molecule has 3 aromatic rings. The average molecular weight is 481 g/mol. The van der Waals surface area contributed by atoms with Crippen molar-refractivity contribution in [3.05, 3.63) is 54.4 Å². The summed E-state index contributed by atoms with van der Waals surface area (Å²) in [4.78, 5) is 19.5. The van der Waals surface area contributed by atoms with Gasteiger partial charge in [0.15, 0.2) is 11.5 Å². The molecule has 186 valence electrons. The molecular weight excluding hydrogens is 448 g/mol. The van der Waals surface area contributed by atoms with Crippen LogP contribution in [0.1, 0.15) is 25.7 Å². The lowest BCUT2D eigenvalue weighted by Gasteiger charge is -2.30. The van der Waals surface area contributed by atoms with Crippen LogP contribution in [0.3, 0.4) is 0 Å². The molecule has 1 amide bonds. The summed E-state index contributed by atoms with van der Waals surface area (Å²) in [6, 6.07) is 14.9. The number of carbonyl (C=O) groups excluding carboxylic acids is 1. The van der Waals surface area contributed by atoms with E-state index >= 15 is 0 Å². The second kappa shape index (κ2) is 11.7. The van der Waals surface area contributed by atoms with E-state index in [0.29, 0.717) is 36.4 Å². The van der Waals surface area contributed by atoms with E-state index in [2.05, 4.69) is 20.4 Å². The normalized spacial score (nSPS) is 15.4. The van der Waals surface area contributed by atoms with Gasteiger partial charge in [-0.2, -0.15) is 4.98 Å². The van der Waals surface area contributed by atoms with Crippen molar-refractivity contribution >= 4 is 5.91 Å². The number of benzene rings is 2. The summed E-state index contributed by atoms with van der Waals surface area (Å²) in [5, 5.41) is 7.17. The molecule has 9 heteroatoms. The van der Waals surface area contributed by atoms with Gasteiger partial charge in [-0.15, -0.1) is 0 Å². The van der Waals surface area contributed by atoms with Crippen molar-refractivity contribution < 1.29 is 23.5 Å². The summed E-state index contributed by atoms with van der Waals surface area (Å²) in [6.45, 7) is 4.48. The van der Waals surface area contributed by atoms with Crippen LogP contribution in [-0.4, -0.2) is 60.9 Å². The van der Waals surface area contributed by atoms with Crippen molar-refractivity contribution in [3.63, 3.8) is 0 Å². The molecule has 0 radical (unpaired) electrons. The number of likely N-dealkylation sites (tertiary alicyclic amines) is 1. The summed E-state index contributed by atoms with van der Waals surface area (Å²) >= 11 is 0. The second-order valence-corrected chi connectivity index (χ2v) is 8.66. The number of aromatic nitrogens is 2. The Hall–Kier alpha value is -3.59. The van der Waals surface area contributed by atoms with E-state index < -0.39 is 0 Å². The molecule has 35 heavy (non-hydrogen) atoms. The number of amides is 1. The largest absolute Gasteiger partial charge is 0.497 e. The molecule has 1 saturated heterocycles. The van der Waals surface area contributed by atoms with Gasteiger partial charge in [-0.3, -0.25) is 9.69 Å². The standard InChI is InChI=1S/C26H32N4O5/c1-18(17-34-23-7-5-4-6-22(23)33-3)27-26(31)20-12-14-30(15-13-20)16-24-28-25(29-35-24)19-8-10-21(32-2)11-9-19/h4-11,18,20H,12-17H2,1-3H3,(H,27,31). The number of rotatable bonds is 10. The SMILES string of the molecule is COc1ccc(-c2noc(CN3CCC(C(=O)NC(C)COc4ccccc4OC)CC3)n2)cc1. The highest BCUT2D eigenvalue weighted by Gasteiger charge is 2.27. The Balaban J connectivity index is 1.20. The van der Waals surface area contributed by atoms with Crippen molar-refractivity contribution in [2.45, 2.75) is 32.4 Å². The van der Waals surface area contributed by atoms with Crippen LogP contribution in [0.4, 0.5) is 0 Å². The molecule has 2 heterocycles. The van der Waals surface area contributed by atoms with Crippen LogP contribution in [0, 0.1) is 5.92 Å². The van der Waals surface area contributed by atoms with Crippen LogP contribution >= 0.6 is 0 Å². The maximum Gasteiger partial charge on any atom is 0.241 e. The lowest BCUT2D eigenvalue weighted by molar-refractivity contribution is -0.127. The van der Waals surface area contributed by atoms with Crippen LogP contribution in [-0.2, 0) is 11.3 Å². The van der Waals surface area contributed by atoms with Gasteiger partial charge >= 0.3 is 0 Å². The predicted octanol–water partition coefficient (Wildman–Crippen LogP) is 3.55. The minimum absolute atomic E-state index is 0.0162. The molecule has 1 N–H and O–H groups in total. The summed E-state index contributed by atoms with van der Waals surface area (Å²) < 4.78 is 21.8. The zero-order valence-electron chi connectivity index (χ0n) is 20.4. The summed E-state index contributed by atoms with van der Waals surface area (Å²) in [5.74, 6) is 3.30. The number of methoxy groups -OCH3 is 2. The third kappa shape index (κ3) is 6.51. The lowest BCUT2D eigenvalue weighted by Crippen LogP contribution is -2.44. The van der Waals surface area contributed by atoms with Gasteiger partial charge in [0.05, 0.1) is 26.8 Å². The predicted molar refractivity (Wildman–Crippen MR) is 130 cm³/mol. The van der Waals surface area contributed by atoms with Gasteiger partial charge < -0.3 is 24.1 Å². The molecule has 0 bridgehead atoms. The van der Waals surface area contributed by atoms with Crippen LogP contribution in [0.5, 0.6) is 17.2 Å². The molecule has 0 aliphatic carbocycles. The van der Waals surface area contributed by atoms with Crippen molar-refractivity contribution in [1.29, 1.82) is 0 Å². The molecule has 2 aromatic carbocycles. The Morgan fingerprint density at radius 1 is 1.09 bits per heavy atom. The number of carbonyl (C=O) groups is 1. The third-order valence-electron chi connectivity index (χ3n) is 6.08. The molecule has 1 aromatic heterocycles. The van der Waals surface area contributed by atoms with Gasteiger partial charge in [0.2, 0.25) is 17.6 Å². The Kier molecular flexibility index (Phi) is 8.20. The molecule has 1 atom stereocenters. The highest BCUT2D eigenvalue weighted by atomic mass is 16.5. The summed E-state index contributed by atoms with van der Waals surface area (Å²) in [5.41, 5.74) is 0.875. The number of nitrogens with one attached hydrogen (secondary N) is 1. The van der Waals surface area contributed by atoms with E-state index in [0.717, 1.165) is 37.2 Å². The third-order valence-corrected chi connectivity index (χ3v) is 6.08. The Bertz CT molecular complexity index is 1090. The minimum atomic E-state index is -0.111. The first-order valence-corrected chi connectivity index (χ1v) is 11.8. The van der Waals surface area contributed by atoms with Crippen molar-refractivity contribution in [2.24, 2.45) is 5.92 Å². The van der Waals surface area contributed by atoms with E-state index in [9.17, 15) is 4.79 Å². The number of piperidine rings is 1. The molecule has 1 aliphatic rings. The molecular formula is C26H32N4O5. The first-order valence-electron chi connectivity index (χ1n) is 11.8. The first kappa shape index (κ1) is 24.5. The maximum absolute atomic E-state index is 12.8. The molecule has 4 rings (SSSR count). The molecule has 1 fully saturated rings. The molecule has 1 unspecified atom stereocenters. The van der Waals surface area contributed by atoms with Crippen molar-refractivity contribution in [1.82, 2.24) is 20.4 Å². The number of hydrogen-bond donors (Lipinski definition) is 1. The van der Waals surface area contributed by atoms with Gasteiger partial charge in [0.1, 0.15) is 12.4 Å². The number of para-hydroxylation sites is 2. The fraction of sp³-hybridized carbons (Fsp3) is 0.423. The maximum atomic E-state index is 12.8. The van der Waals surface area contributed by atoms with Crippen molar-refractivity contribution in [3.8, 4) is 28.6 Å². The van der Waals surface area contributed by atoms with Gasteiger partial charge in [0, 0.05) is 11.5 Å². The molecule has 0 saturated carbocycles. The van der Waals surface area contributed by atoms with Crippen LogP contribution < -0.4 is 19.5 Å². The second-order valence-electron chi connectivity index (χ2n) is 8.66. The number of nitrogens with zero attached hydrogens (tertiary/aromatic N) is 3. The van der Waals surface area contributed by atoms with E-state index in [4.69, 9.17) is 18.7 Å². The topological polar surface area (TPSA) is 99.0 Å². The Morgan fingerprint density at radius 3 is 2.49 bits per heavy atom. The van der Waals surface area contributed by atoms with E-state index in [1.807, 2.05) is 55.5 Å². The fourth-order valence-corrected chi connectivity index (χ4v) is 4.08. The zero-order valence-corrected chi connectivity index (χ0v) is 20.4. The average Bonchev–Trinajstić information content (AvgIpc) is 3.36. The van der Waals surface area contributed by atoms with Crippen LogP contribution in [0.15, 0.2) is 53.1 Å². The summed E-state index contributed by atoms with van der Waals surface area (Å²) in [6.07, 6.45) is 1.57. The monoisotopic (exact) mass is 480 g/mol. The highest BCUT2D eigenvalue weighted by Crippen LogP contribution is 2.26. The van der Waals surface area contributed by atoms with E-state index in [1.54, 1.807) is 14.2 Å². The number of ether oxygens (including phenoxy) is 3. The van der Waals surface area contributed by atoms with Gasteiger partial charge in [-0.25, -0.2) is 0 Å². The highest BCUT2D eigenvalue weighted by molar-refractivity contribution is 5.79. The van der Waals surface area contributed by atoms with Crippen LogP contribution in [0.25, 0.3) is 11.4 Å². The van der Waals surface area contributed by atoms with E-state index in [1.165, 1.54) is 0 Å². The smallest absolute Gasteiger partial charge is 0.241 e. The fourth-order valence-electron chi connectivity index (χ4n) is 4.08. The number of hydrogen-bond acceptors (Lipinski definition) is 8. The molecule has 1 aliphatic heterocycles. The van der Waals surface area contributed by atoms with Crippen LogP contribution in [0.2, 0.25) is 0 Å². The first-order chi connectivity index (χ1) is 17.1. The lowest BCUT2D eigenvalue weighted by atomic mass is 9.95. The van der Waals surface area contributed by atoms with Gasteiger partial charge in [-0.05, 0) is 69.3 Å². The minimum Gasteiger partial charge on any atom is -0.497 e. The van der Waals surface area contributed by atoms with Gasteiger partial charge in [0.25, 0.3) is 0 Å². The molecule has 0 spiro atoms. The van der Waals surface area contributed by atoms with Crippen molar-refractivity contribution in [2.75, 3.05) is 33.9 Å². The molecule has 9 nitrogen and oxygen atoms in total. The van der Waals surface area contributed by atoms with E-state index in [-0.39, 0.29) is 17.9 Å². The Morgan fingerprint density at radius 2 is 1.80 bits per heavy atom. The quantitative estimate of drug-likeness (QED) is 0.470. The summed E-state index contributed by atoms with van der Waals surface area (Å²) in [7, 11) is 3.24.